The molecule has 1 aromatic carbocycles. The lowest BCUT2D eigenvalue weighted by Gasteiger charge is -2.11. The molecule has 0 amide bonds. The minimum absolute atomic E-state index is 0.0211. The van der Waals surface area contributed by atoms with E-state index in [1.54, 1.807) is 6.07 Å². The molecule has 0 saturated heterocycles. The van der Waals surface area contributed by atoms with Crippen LogP contribution in [-0.4, -0.2) is 24.3 Å². The number of methoxy groups -OCH3 is 1. The van der Waals surface area contributed by atoms with E-state index in [-0.39, 0.29) is 24.2 Å². The topological polar surface area (TPSA) is 55.8 Å². The minimum Gasteiger partial charge on any atom is -0.508 e. The first-order valence-corrected chi connectivity index (χ1v) is 5.07. The zero-order valence-corrected chi connectivity index (χ0v) is 9.69. The normalized spacial score (nSPS) is 10.2. The third kappa shape index (κ3) is 3.81. The summed E-state index contributed by atoms with van der Waals surface area (Å²) in [4.78, 5) is 11.1. The SMILES string of the molecule is COC(=O)Cc1cc(O)cc(OC(C)C)c1. The highest BCUT2D eigenvalue weighted by molar-refractivity contribution is 5.72. The van der Waals surface area contributed by atoms with Crippen LogP contribution in [0.15, 0.2) is 18.2 Å². The van der Waals surface area contributed by atoms with E-state index in [0.717, 1.165) is 0 Å². The molecule has 4 nitrogen and oxygen atoms in total. The van der Waals surface area contributed by atoms with Gasteiger partial charge in [-0.05, 0) is 31.5 Å². The fourth-order valence-corrected chi connectivity index (χ4v) is 1.32. The van der Waals surface area contributed by atoms with Gasteiger partial charge in [0.05, 0.1) is 19.6 Å². The van der Waals surface area contributed by atoms with Crippen LogP contribution in [0.25, 0.3) is 0 Å². The van der Waals surface area contributed by atoms with Crippen molar-refractivity contribution in [1.29, 1.82) is 0 Å². The number of carbonyl (C=O) groups excluding carboxylic acids is 1. The van der Waals surface area contributed by atoms with Crippen LogP contribution in [0.1, 0.15) is 19.4 Å². The Bertz CT molecular complexity index is 371. The lowest BCUT2D eigenvalue weighted by Crippen LogP contribution is -2.07. The maximum atomic E-state index is 11.1. The monoisotopic (exact) mass is 224 g/mol. The molecular formula is C12H16O4. The number of esters is 1. The molecule has 0 aliphatic heterocycles. The van der Waals surface area contributed by atoms with Crippen LogP contribution in [0.3, 0.4) is 0 Å². The third-order valence-electron chi connectivity index (χ3n) is 1.90. The molecule has 0 saturated carbocycles. The van der Waals surface area contributed by atoms with Crippen molar-refractivity contribution in [1.82, 2.24) is 0 Å². The quantitative estimate of drug-likeness (QED) is 0.793. The van der Waals surface area contributed by atoms with Gasteiger partial charge in [0, 0.05) is 6.07 Å². The molecule has 88 valence electrons. The molecule has 1 rings (SSSR count). The van der Waals surface area contributed by atoms with Crippen molar-refractivity contribution in [3.05, 3.63) is 23.8 Å². The standard InChI is InChI=1S/C12H16O4/c1-8(2)16-11-5-9(4-10(13)7-11)6-12(14)15-3/h4-5,7-8,13H,6H2,1-3H3. The molecular weight excluding hydrogens is 208 g/mol. The molecule has 1 N–H and O–H groups in total. The van der Waals surface area contributed by atoms with Gasteiger partial charge in [0.25, 0.3) is 0 Å². The second kappa shape index (κ2) is 5.39. The molecule has 0 bridgehead atoms. The molecule has 0 fully saturated rings. The third-order valence-corrected chi connectivity index (χ3v) is 1.90. The van der Waals surface area contributed by atoms with E-state index in [0.29, 0.717) is 11.3 Å². The molecule has 0 heterocycles. The van der Waals surface area contributed by atoms with Crippen LogP contribution in [0, 0.1) is 0 Å². The molecule has 0 aromatic heterocycles. The van der Waals surface area contributed by atoms with E-state index >= 15 is 0 Å². The second-order valence-corrected chi connectivity index (χ2v) is 3.75. The van der Waals surface area contributed by atoms with Crippen LogP contribution < -0.4 is 4.74 Å². The fraction of sp³-hybridized carbons (Fsp3) is 0.417. The molecule has 0 spiro atoms. The lowest BCUT2D eigenvalue weighted by atomic mass is 10.1. The largest absolute Gasteiger partial charge is 0.508 e. The van der Waals surface area contributed by atoms with Crippen molar-refractivity contribution in [2.75, 3.05) is 7.11 Å². The first-order valence-electron chi connectivity index (χ1n) is 5.07. The van der Waals surface area contributed by atoms with Crippen molar-refractivity contribution >= 4 is 5.97 Å². The second-order valence-electron chi connectivity index (χ2n) is 3.75. The fourth-order valence-electron chi connectivity index (χ4n) is 1.32. The van der Waals surface area contributed by atoms with Crippen molar-refractivity contribution < 1.29 is 19.4 Å². The summed E-state index contributed by atoms with van der Waals surface area (Å²) in [5, 5.41) is 9.46. The Labute approximate surface area is 94.8 Å². The highest BCUT2D eigenvalue weighted by Gasteiger charge is 2.07. The zero-order valence-electron chi connectivity index (χ0n) is 9.69. The van der Waals surface area contributed by atoms with E-state index in [2.05, 4.69) is 4.74 Å². The van der Waals surface area contributed by atoms with Gasteiger partial charge >= 0.3 is 5.97 Å². The van der Waals surface area contributed by atoms with Gasteiger partial charge in [0.2, 0.25) is 0 Å². The Hall–Kier alpha value is -1.71. The molecule has 0 aliphatic rings. The molecule has 4 heteroatoms. The minimum atomic E-state index is -0.346. The average Bonchev–Trinajstić information content (AvgIpc) is 2.15. The Morgan fingerprint density at radius 2 is 2.06 bits per heavy atom. The van der Waals surface area contributed by atoms with Crippen LogP contribution in [0.2, 0.25) is 0 Å². The summed E-state index contributed by atoms with van der Waals surface area (Å²) in [6.07, 6.45) is 0.145. The maximum Gasteiger partial charge on any atom is 0.309 e. The lowest BCUT2D eigenvalue weighted by molar-refractivity contribution is -0.139. The van der Waals surface area contributed by atoms with Gasteiger partial charge in [-0.3, -0.25) is 4.79 Å². The van der Waals surface area contributed by atoms with E-state index in [4.69, 9.17) is 4.74 Å². The average molecular weight is 224 g/mol. The predicted molar refractivity (Wildman–Crippen MR) is 59.6 cm³/mol. The Morgan fingerprint density at radius 3 is 2.62 bits per heavy atom. The number of ether oxygens (including phenoxy) is 2. The number of hydrogen-bond acceptors (Lipinski definition) is 4. The first-order chi connectivity index (χ1) is 7.51. The highest BCUT2D eigenvalue weighted by Crippen LogP contribution is 2.23. The van der Waals surface area contributed by atoms with Crippen molar-refractivity contribution in [2.45, 2.75) is 26.4 Å². The summed E-state index contributed by atoms with van der Waals surface area (Å²) in [6.45, 7) is 3.79. The number of aromatic hydroxyl groups is 1. The van der Waals surface area contributed by atoms with Gasteiger partial charge in [-0.2, -0.15) is 0 Å². The number of phenols is 1. The Morgan fingerprint density at radius 1 is 1.38 bits per heavy atom. The molecule has 0 aliphatic carbocycles. The summed E-state index contributed by atoms with van der Waals surface area (Å²) in [5.74, 6) is 0.284. The summed E-state index contributed by atoms with van der Waals surface area (Å²) >= 11 is 0. The summed E-state index contributed by atoms with van der Waals surface area (Å²) in [7, 11) is 1.33. The molecule has 16 heavy (non-hydrogen) atoms. The Kier molecular flexibility index (Phi) is 4.17. The van der Waals surface area contributed by atoms with E-state index in [1.807, 2.05) is 13.8 Å². The number of benzene rings is 1. The van der Waals surface area contributed by atoms with Crippen LogP contribution in [0.5, 0.6) is 11.5 Å². The number of rotatable bonds is 4. The van der Waals surface area contributed by atoms with Gasteiger partial charge in [-0.1, -0.05) is 0 Å². The maximum absolute atomic E-state index is 11.1. The number of phenolic OH excluding ortho intramolecular Hbond substituents is 1. The van der Waals surface area contributed by atoms with Crippen LogP contribution >= 0.6 is 0 Å². The zero-order chi connectivity index (χ0) is 12.1. The van der Waals surface area contributed by atoms with Gasteiger partial charge in [-0.15, -0.1) is 0 Å². The van der Waals surface area contributed by atoms with Gasteiger partial charge in [-0.25, -0.2) is 0 Å². The molecule has 0 radical (unpaired) electrons. The molecule has 0 atom stereocenters. The summed E-state index contributed by atoms with van der Waals surface area (Å²) in [6, 6.07) is 4.75. The van der Waals surface area contributed by atoms with Crippen molar-refractivity contribution in [3.63, 3.8) is 0 Å². The van der Waals surface area contributed by atoms with E-state index in [9.17, 15) is 9.90 Å². The predicted octanol–water partition coefficient (Wildman–Crippen LogP) is 1.89. The Balaban J connectivity index is 2.85. The van der Waals surface area contributed by atoms with Gasteiger partial charge < -0.3 is 14.6 Å². The van der Waals surface area contributed by atoms with Crippen molar-refractivity contribution in [3.8, 4) is 11.5 Å². The number of hydrogen-bond donors (Lipinski definition) is 1. The molecule has 0 unspecified atom stereocenters. The molecule has 1 aromatic rings. The van der Waals surface area contributed by atoms with E-state index in [1.165, 1.54) is 19.2 Å². The summed E-state index contributed by atoms with van der Waals surface area (Å²) < 4.78 is 9.99. The first kappa shape index (κ1) is 12.4. The van der Waals surface area contributed by atoms with Crippen LogP contribution in [0.4, 0.5) is 0 Å². The highest BCUT2D eigenvalue weighted by atomic mass is 16.5. The van der Waals surface area contributed by atoms with E-state index < -0.39 is 0 Å². The smallest absolute Gasteiger partial charge is 0.309 e. The number of carbonyl (C=O) groups is 1. The van der Waals surface area contributed by atoms with Crippen LogP contribution in [-0.2, 0) is 16.0 Å². The van der Waals surface area contributed by atoms with Crippen molar-refractivity contribution in [2.24, 2.45) is 0 Å². The van der Waals surface area contributed by atoms with Gasteiger partial charge in [0.15, 0.2) is 0 Å². The van der Waals surface area contributed by atoms with Gasteiger partial charge in [0.1, 0.15) is 11.5 Å². The summed E-state index contributed by atoms with van der Waals surface area (Å²) in [5.41, 5.74) is 0.669.